The zero-order valence-electron chi connectivity index (χ0n) is 17.2. The Balaban J connectivity index is 2.20. The number of rotatable bonds is 5. The van der Waals surface area contributed by atoms with Crippen LogP contribution < -0.4 is 19.8 Å². The average Bonchev–Trinajstić information content (AvgIpc) is 2.68. The quantitative estimate of drug-likeness (QED) is 0.672. The molecule has 0 radical (unpaired) electrons. The summed E-state index contributed by atoms with van der Waals surface area (Å²) in [6, 6.07) is 11.4. The van der Waals surface area contributed by atoms with Crippen molar-refractivity contribution in [3.63, 3.8) is 0 Å². The summed E-state index contributed by atoms with van der Waals surface area (Å²) in [4.78, 5) is 12.9. The van der Waals surface area contributed by atoms with E-state index in [-0.39, 0.29) is 5.56 Å². The summed E-state index contributed by atoms with van der Waals surface area (Å²) in [5.41, 5.74) is 1.26. The molecule has 0 N–H and O–H groups in total. The van der Waals surface area contributed by atoms with Crippen LogP contribution in [0.5, 0.6) is 17.2 Å². The van der Waals surface area contributed by atoms with E-state index in [0.29, 0.717) is 29.1 Å². The van der Waals surface area contributed by atoms with E-state index in [9.17, 15) is 4.79 Å². The van der Waals surface area contributed by atoms with Gasteiger partial charge < -0.3 is 14.2 Å². The molecule has 0 aliphatic rings. The highest BCUT2D eigenvalue weighted by Gasteiger charge is 2.21. The molecule has 0 aliphatic carbocycles. The van der Waals surface area contributed by atoms with E-state index in [0.717, 1.165) is 16.6 Å². The van der Waals surface area contributed by atoms with E-state index < -0.39 is 5.54 Å². The normalized spacial score (nSPS) is 11.5. The fourth-order valence-electron chi connectivity index (χ4n) is 3.27. The largest absolute Gasteiger partial charge is 0.493 e. The molecule has 0 bridgehead atoms. The van der Waals surface area contributed by atoms with Gasteiger partial charge in [0, 0.05) is 11.8 Å². The molecule has 2 aromatic carbocycles. The van der Waals surface area contributed by atoms with Gasteiger partial charge in [-0.1, -0.05) is 18.2 Å². The molecule has 0 spiro atoms. The molecule has 0 amide bonds. The minimum Gasteiger partial charge on any atom is -0.493 e. The average molecular weight is 382 g/mol. The topological polar surface area (TPSA) is 62.6 Å². The van der Waals surface area contributed by atoms with Crippen molar-refractivity contribution in [2.24, 2.45) is 0 Å². The van der Waals surface area contributed by atoms with Crippen molar-refractivity contribution >= 4 is 10.8 Å². The molecule has 0 unspecified atom stereocenters. The van der Waals surface area contributed by atoms with Gasteiger partial charge in [-0.2, -0.15) is 5.10 Å². The lowest BCUT2D eigenvalue weighted by Gasteiger charge is -2.22. The zero-order valence-corrected chi connectivity index (χ0v) is 17.2. The lowest BCUT2D eigenvalue weighted by molar-refractivity contribution is 0.323. The summed E-state index contributed by atoms with van der Waals surface area (Å²) < 4.78 is 17.9. The van der Waals surface area contributed by atoms with E-state index in [4.69, 9.17) is 19.3 Å². The summed E-state index contributed by atoms with van der Waals surface area (Å²) in [5, 5.41) is 6.22. The second-order valence-corrected chi connectivity index (χ2v) is 7.59. The van der Waals surface area contributed by atoms with Crippen LogP contribution in [0.3, 0.4) is 0 Å². The van der Waals surface area contributed by atoms with Crippen molar-refractivity contribution in [1.29, 1.82) is 0 Å². The highest BCUT2D eigenvalue weighted by Crippen LogP contribution is 2.38. The number of methoxy groups -OCH3 is 3. The number of nitrogens with zero attached hydrogens (tertiary/aromatic N) is 2. The number of ether oxygens (including phenoxy) is 3. The molecule has 0 fully saturated rings. The van der Waals surface area contributed by atoms with Crippen molar-refractivity contribution in [2.75, 3.05) is 21.3 Å². The first-order chi connectivity index (χ1) is 13.3. The molecule has 1 aromatic heterocycles. The van der Waals surface area contributed by atoms with E-state index in [1.54, 1.807) is 26.0 Å². The summed E-state index contributed by atoms with van der Waals surface area (Å²) in [6.07, 6.45) is 0.521. The Kier molecular flexibility index (Phi) is 5.31. The molecule has 28 heavy (non-hydrogen) atoms. The number of hydrogen-bond donors (Lipinski definition) is 0. The van der Waals surface area contributed by atoms with Crippen LogP contribution in [-0.2, 0) is 12.0 Å². The van der Waals surface area contributed by atoms with Gasteiger partial charge in [-0.05, 0) is 44.5 Å². The van der Waals surface area contributed by atoms with Gasteiger partial charge in [0.1, 0.15) is 0 Å². The summed E-state index contributed by atoms with van der Waals surface area (Å²) in [5.74, 6) is 1.72. The zero-order chi connectivity index (χ0) is 20.5. The van der Waals surface area contributed by atoms with E-state index in [1.807, 2.05) is 57.2 Å². The molecule has 1 heterocycles. The van der Waals surface area contributed by atoms with Crippen molar-refractivity contribution in [3.8, 4) is 17.2 Å². The second kappa shape index (κ2) is 7.54. The fraction of sp³-hybridized carbons (Fsp3) is 0.364. The molecular formula is C22H26N2O4. The lowest BCUT2D eigenvalue weighted by atomic mass is 10.0. The van der Waals surface area contributed by atoms with Crippen LogP contribution in [0, 0.1) is 0 Å². The standard InChI is InChI=1S/C22H26N2O4/c1-22(2,3)24-21(25)16-10-8-7-9-15(16)17(23-24)11-14-12-18(26-4)20(28-6)19(13-14)27-5/h7-10,12-13H,11H2,1-6H3. The first-order valence-corrected chi connectivity index (χ1v) is 9.10. The molecule has 3 rings (SSSR count). The van der Waals surface area contributed by atoms with Crippen LogP contribution in [0.15, 0.2) is 41.2 Å². The van der Waals surface area contributed by atoms with Crippen LogP contribution in [-0.4, -0.2) is 31.1 Å². The van der Waals surface area contributed by atoms with Crippen molar-refractivity contribution in [2.45, 2.75) is 32.7 Å². The molecule has 6 nitrogen and oxygen atoms in total. The van der Waals surface area contributed by atoms with Crippen molar-refractivity contribution in [1.82, 2.24) is 9.78 Å². The predicted molar refractivity (Wildman–Crippen MR) is 110 cm³/mol. The van der Waals surface area contributed by atoms with Gasteiger partial charge in [0.2, 0.25) is 5.75 Å². The summed E-state index contributed by atoms with van der Waals surface area (Å²) in [7, 11) is 4.76. The van der Waals surface area contributed by atoms with Gasteiger partial charge in [0.25, 0.3) is 5.56 Å². The first-order valence-electron chi connectivity index (χ1n) is 9.10. The molecule has 0 atom stereocenters. The summed E-state index contributed by atoms with van der Waals surface area (Å²) >= 11 is 0. The van der Waals surface area contributed by atoms with Gasteiger partial charge in [0.05, 0.1) is 37.9 Å². The molecule has 0 saturated heterocycles. The minimum absolute atomic E-state index is 0.0863. The Labute approximate surface area is 164 Å². The van der Waals surface area contributed by atoms with Crippen molar-refractivity contribution < 1.29 is 14.2 Å². The van der Waals surface area contributed by atoms with Crippen molar-refractivity contribution in [3.05, 3.63) is 58.0 Å². The Morgan fingerprint density at radius 1 is 0.929 bits per heavy atom. The first kappa shape index (κ1) is 19.7. The maximum absolute atomic E-state index is 12.9. The van der Waals surface area contributed by atoms with Crippen LogP contribution >= 0.6 is 0 Å². The third-order valence-corrected chi connectivity index (χ3v) is 4.61. The smallest absolute Gasteiger partial charge is 0.275 e. The Bertz CT molecular complexity index is 1040. The van der Waals surface area contributed by atoms with Gasteiger partial charge in [-0.15, -0.1) is 0 Å². The summed E-state index contributed by atoms with van der Waals surface area (Å²) in [6.45, 7) is 5.91. The lowest BCUT2D eigenvalue weighted by Crippen LogP contribution is -2.36. The maximum Gasteiger partial charge on any atom is 0.275 e. The molecule has 3 aromatic rings. The van der Waals surface area contributed by atoms with Crippen LogP contribution in [0.4, 0.5) is 0 Å². The molecule has 6 heteroatoms. The third kappa shape index (κ3) is 3.54. The SMILES string of the molecule is COc1cc(Cc2nn(C(C)(C)C)c(=O)c3ccccc23)cc(OC)c1OC. The van der Waals surface area contributed by atoms with Gasteiger partial charge in [0.15, 0.2) is 11.5 Å². The molecule has 0 saturated carbocycles. The van der Waals surface area contributed by atoms with Crippen LogP contribution in [0.1, 0.15) is 32.0 Å². The predicted octanol–water partition coefficient (Wildman–Crippen LogP) is 3.77. The minimum atomic E-state index is -0.425. The number of benzene rings is 2. The van der Waals surface area contributed by atoms with Crippen LogP contribution in [0.25, 0.3) is 10.8 Å². The monoisotopic (exact) mass is 382 g/mol. The highest BCUT2D eigenvalue weighted by atomic mass is 16.5. The van der Waals surface area contributed by atoms with Gasteiger partial charge in [-0.25, -0.2) is 4.68 Å². The fourth-order valence-corrected chi connectivity index (χ4v) is 3.27. The van der Waals surface area contributed by atoms with Gasteiger partial charge >= 0.3 is 0 Å². The Morgan fingerprint density at radius 3 is 2.00 bits per heavy atom. The van der Waals surface area contributed by atoms with E-state index in [1.165, 1.54) is 0 Å². The van der Waals surface area contributed by atoms with E-state index in [2.05, 4.69) is 0 Å². The Hall–Kier alpha value is -3.02. The maximum atomic E-state index is 12.9. The van der Waals surface area contributed by atoms with Gasteiger partial charge in [-0.3, -0.25) is 4.79 Å². The molecular weight excluding hydrogens is 356 g/mol. The highest BCUT2D eigenvalue weighted by molar-refractivity contribution is 5.83. The second-order valence-electron chi connectivity index (χ2n) is 7.59. The van der Waals surface area contributed by atoms with Crippen LogP contribution in [0.2, 0.25) is 0 Å². The Morgan fingerprint density at radius 2 is 1.50 bits per heavy atom. The number of fused-ring (bicyclic) bond motifs is 1. The van der Waals surface area contributed by atoms with E-state index >= 15 is 0 Å². The molecule has 148 valence electrons. The number of aromatic nitrogens is 2. The number of hydrogen-bond acceptors (Lipinski definition) is 5. The molecule has 0 aliphatic heterocycles. The third-order valence-electron chi connectivity index (χ3n) is 4.61.